The fourth-order valence-electron chi connectivity index (χ4n) is 3.61. The summed E-state index contributed by atoms with van der Waals surface area (Å²) >= 11 is 0. The maximum Gasteiger partial charge on any atom is 0.259 e. The summed E-state index contributed by atoms with van der Waals surface area (Å²) in [6, 6.07) is 10.4. The van der Waals surface area contributed by atoms with Gasteiger partial charge in [0.1, 0.15) is 0 Å². The monoisotopic (exact) mass is 365 g/mol. The van der Waals surface area contributed by atoms with E-state index < -0.39 is 0 Å². The third-order valence-electron chi connectivity index (χ3n) is 5.30. The van der Waals surface area contributed by atoms with Crippen LogP contribution < -0.4 is 10.2 Å². The molecule has 1 aromatic heterocycles. The maximum absolute atomic E-state index is 13.6. The number of carbonyl (C=O) groups is 2. The van der Waals surface area contributed by atoms with Crippen LogP contribution in [0.5, 0.6) is 0 Å². The average molecular weight is 365 g/mol. The van der Waals surface area contributed by atoms with Crippen molar-refractivity contribution in [1.29, 1.82) is 0 Å². The number of benzene rings is 1. The zero-order valence-electron chi connectivity index (χ0n) is 15.6. The largest absolute Gasteiger partial charge is 0.320 e. The molecule has 0 spiro atoms. The van der Waals surface area contributed by atoms with E-state index in [-0.39, 0.29) is 17.9 Å². The zero-order chi connectivity index (χ0) is 19.0. The predicted molar refractivity (Wildman–Crippen MR) is 104 cm³/mol. The molecule has 2 aliphatic rings. The molecule has 4 rings (SSSR count). The number of nitrogens with one attached hydrogen (secondary N) is 1. The Hall–Kier alpha value is -2.77. The van der Waals surface area contributed by atoms with Gasteiger partial charge in [-0.1, -0.05) is 12.1 Å². The topological polar surface area (TPSA) is 68.8 Å². The van der Waals surface area contributed by atoms with Gasteiger partial charge in [-0.05, 0) is 38.2 Å². The van der Waals surface area contributed by atoms with E-state index in [2.05, 4.69) is 27.1 Å². The molecule has 1 aromatic carbocycles. The number of amides is 2. The Labute approximate surface area is 158 Å². The number of nitrogens with zero attached hydrogens (tertiary/aromatic N) is 4. The third-order valence-corrected chi connectivity index (χ3v) is 5.30. The van der Waals surface area contributed by atoms with Crippen LogP contribution in [0.2, 0.25) is 0 Å². The second-order valence-corrected chi connectivity index (χ2v) is 7.03. The molecule has 0 radical (unpaired) electrons. The van der Waals surface area contributed by atoms with Gasteiger partial charge < -0.3 is 10.2 Å². The number of hydrogen-bond acceptors (Lipinski definition) is 5. The number of anilines is 3. The molecule has 3 heterocycles. The number of hydrogen-bond donors (Lipinski definition) is 1. The van der Waals surface area contributed by atoms with Gasteiger partial charge in [-0.25, -0.2) is 4.98 Å². The van der Waals surface area contributed by atoms with Crippen LogP contribution in [-0.2, 0) is 4.79 Å². The highest BCUT2D eigenvalue weighted by Gasteiger charge is 2.35. The summed E-state index contributed by atoms with van der Waals surface area (Å²) in [6.45, 7) is 5.47. The van der Waals surface area contributed by atoms with E-state index in [1.807, 2.05) is 25.1 Å². The first-order chi connectivity index (χ1) is 13.1. The smallest absolute Gasteiger partial charge is 0.259 e. The molecule has 1 saturated heterocycles. The molecule has 1 unspecified atom stereocenters. The molecule has 7 nitrogen and oxygen atoms in total. The van der Waals surface area contributed by atoms with Crippen LogP contribution >= 0.6 is 0 Å². The second-order valence-electron chi connectivity index (χ2n) is 7.03. The van der Waals surface area contributed by atoms with Gasteiger partial charge in [0.05, 0.1) is 23.0 Å². The fraction of sp³-hybridized carbons (Fsp3) is 0.350. The number of aromatic nitrogens is 1. The minimum Gasteiger partial charge on any atom is -0.320 e. The molecule has 0 aliphatic carbocycles. The van der Waals surface area contributed by atoms with Gasteiger partial charge in [0.25, 0.3) is 5.91 Å². The molecule has 0 saturated carbocycles. The van der Waals surface area contributed by atoms with Crippen LogP contribution in [0.25, 0.3) is 0 Å². The number of carbonyl (C=O) groups excluding carboxylic acids is 2. The standard InChI is InChI=1S/C20H23N5O2/c1-14(24-12-10-23(2)11-13-24)20(27)25-17-8-4-3-7-16(17)22-19(26)15-6-5-9-21-18(15)25/h3-9,14H,10-13H2,1-2H3,(H,22,26). The molecular formula is C20H23N5O2. The van der Waals surface area contributed by atoms with E-state index in [0.29, 0.717) is 22.8 Å². The van der Waals surface area contributed by atoms with E-state index in [4.69, 9.17) is 0 Å². The van der Waals surface area contributed by atoms with Gasteiger partial charge in [-0.3, -0.25) is 19.4 Å². The molecule has 1 fully saturated rings. The first-order valence-corrected chi connectivity index (χ1v) is 9.18. The van der Waals surface area contributed by atoms with E-state index in [1.165, 1.54) is 0 Å². The molecule has 140 valence electrons. The molecule has 1 N–H and O–H groups in total. The summed E-state index contributed by atoms with van der Waals surface area (Å²) in [4.78, 5) is 36.6. The zero-order valence-corrected chi connectivity index (χ0v) is 15.6. The Morgan fingerprint density at radius 1 is 1.11 bits per heavy atom. The predicted octanol–water partition coefficient (Wildman–Crippen LogP) is 1.95. The number of rotatable bonds is 2. The van der Waals surface area contributed by atoms with Crippen LogP contribution in [0.15, 0.2) is 42.6 Å². The molecule has 1 atom stereocenters. The highest BCUT2D eigenvalue weighted by atomic mass is 16.2. The highest BCUT2D eigenvalue weighted by molar-refractivity contribution is 6.17. The molecule has 2 aromatic rings. The first kappa shape index (κ1) is 17.6. The van der Waals surface area contributed by atoms with Gasteiger partial charge in [0.15, 0.2) is 5.82 Å². The van der Waals surface area contributed by atoms with Crippen LogP contribution in [-0.4, -0.2) is 65.9 Å². The van der Waals surface area contributed by atoms with Gasteiger partial charge in [0.2, 0.25) is 5.91 Å². The summed E-state index contributed by atoms with van der Waals surface area (Å²) in [5.41, 5.74) is 1.65. The van der Waals surface area contributed by atoms with Crippen molar-refractivity contribution in [1.82, 2.24) is 14.8 Å². The minimum atomic E-state index is -0.310. The van der Waals surface area contributed by atoms with Gasteiger partial charge in [-0.15, -0.1) is 0 Å². The summed E-state index contributed by atoms with van der Waals surface area (Å²) < 4.78 is 0. The molecular weight excluding hydrogens is 342 g/mol. The summed E-state index contributed by atoms with van der Waals surface area (Å²) in [5, 5.41) is 2.89. The van der Waals surface area contributed by atoms with Crippen molar-refractivity contribution in [2.24, 2.45) is 0 Å². The van der Waals surface area contributed by atoms with Crippen LogP contribution in [0.4, 0.5) is 17.2 Å². The number of piperazine rings is 1. The minimum absolute atomic E-state index is 0.0801. The van der Waals surface area contributed by atoms with E-state index in [9.17, 15) is 9.59 Å². The van der Waals surface area contributed by atoms with Crippen LogP contribution in [0, 0.1) is 0 Å². The van der Waals surface area contributed by atoms with Gasteiger partial charge in [-0.2, -0.15) is 0 Å². The van der Waals surface area contributed by atoms with Crippen molar-refractivity contribution in [2.45, 2.75) is 13.0 Å². The van der Waals surface area contributed by atoms with Gasteiger partial charge >= 0.3 is 0 Å². The summed E-state index contributed by atoms with van der Waals surface area (Å²) in [7, 11) is 2.09. The molecule has 0 bridgehead atoms. The second kappa shape index (κ2) is 7.09. The van der Waals surface area contributed by atoms with Crippen molar-refractivity contribution in [3.05, 3.63) is 48.2 Å². The molecule has 2 amide bonds. The number of para-hydroxylation sites is 2. The summed E-state index contributed by atoms with van der Waals surface area (Å²) in [5.74, 6) is 0.0440. The number of fused-ring (bicyclic) bond motifs is 2. The lowest BCUT2D eigenvalue weighted by Gasteiger charge is -2.37. The van der Waals surface area contributed by atoms with Crippen molar-refractivity contribution in [3.63, 3.8) is 0 Å². The SMILES string of the molecule is CC(C(=O)N1c2ccccc2NC(=O)c2cccnc21)N1CCN(C)CC1. The Bertz CT molecular complexity index is 876. The van der Waals surface area contributed by atoms with Crippen molar-refractivity contribution >= 4 is 29.0 Å². The van der Waals surface area contributed by atoms with Crippen LogP contribution in [0.3, 0.4) is 0 Å². The molecule has 7 heteroatoms. The number of pyridine rings is 1. The lowest BCUT2D eigenvalue weighted by Crippen LogP contribution is -2.53. The van der Waals surface area contributed by atoms with Gasteiger partial charge in [0, 0.05) is 32.4 Å². The van der Waals surface area contributed by atoms with Crippen molar-refractivity contribution in [2.75, 3.05) is 43.4 Å². The van der Waals surface area contributed by atoms with Crippen molar-refractivity contribution < 1.29 is 9.59 Å². The Morgan fingerprint density at radius 2 is 1.85 bits per heavy atom. The molecule has 2 aliphatic heterocycles. The highest BCUT2D eigenvalue weighted by Crippen LogP contribution is 2.37. The molecule has 27 heavy (non-hydrogen) atoms. The quantitative estimate of drug-likeness (QED) is 0.881. The van der Waals surface area contributed by atoms with Crippen molar-refractivity contribution in [3.8, 4) is 0 Å². The lowest BCUT2D eigenvalue weighted by molar-refractivity contribution is -0.123. The van der Waals surface area contributed by atoms with Crippen LogP contribution in [0.1, 0.15) is 17.3 Å². The average Bonchev–Trinajstić information content (AvgIpc) is 2.81. The number of likely N-dealkylation sites (N-methyl/N-ethyl adjacent to an activating group) is 1. The Kier molecular flexibility index (Phi) is 4.63. The Balaban J connectivity index is 1.75. The van der Waals surface area contributed by atoms with E-state index in [0.717, 1.165) is 26.2 Å². The Morgan fingerprint density at radius 3 is 2.63 bits per heavy atom. The fourth-order valence-corrected chi connectivity index (χ4v) is 3.61. The third kappa shape index (κ3) is 3.20. The maximum atomic E-state index is 13.6. The normalized spacial score (nSPS) is 18.9. The summed E-state index contributed by atoms with van der Waals surface area (Å²) in [6.07, 6.45) is 1.61. The first-order valence-electron chi connectivity index (χ1n) is 9.18. The van der Waals surface area contributed by atoms with E-state index in [1.54, 1.807) is 29.3 Å². The van der Waals surface area contributed by atoms with E-state index >= 15 is 0 Å². The lowest BCUT2D eigenvalue weighted by atomic mass is 10.1.